The highest BCUT2D eigenvalue weighted by Crippen LogP contribution is 2.16. The molecule has 1 aromatic heterocycles. The number of aromatic nitrogens is 1. The minimum absolute atomic E-state index is 0.435. The van der Waals surface area contributed by atoms with E-state index in [2.05, 4.69) is 22.0 Å². The monoisotopic (exact) mass is 276 g/mol. The van der Waals surface area contributed by atoms with Crippen molar-refractivity contribution in [2.24, 2.45) is 0 Å². The molecule has 1 aromatic carbocycles. The molecule has 2 rings (SSSR count). The van der Waals surface area contributed by atoms with Gasteiger partial charge < -0.3 is 9.64 Å². The van der Waals surface area contributed by atoms with Crippen LogP contribution in [-0.4, -0.2) is 19.1 Å². The zero-order valence-corrected chi connectivity index (χ0v) is 11.9. The molecule has 100 valence electrons. The standard InChI is InChI=1S/C15H17ClN2O/c1-18(15-5-3-4-13(10-16)17-15)11-12-6-8-14(19-2)9-7-12/h3-9H,10-11H2,1-2H3. The summed E-state index contributed by atoms with van der Waals surface area (Å²) in [5.74, 6) is 2.23. The highest BCUT2D eigenvalue weighted by atomic mass is 35.5. The first-order valence-electron chi connectivity index (χ1n) is 6.09. The molecule has 0 N–H and O–H groups in total. The van der Waals surface area contributed by atoms with E-state index in [1.54, 1.807) is 7.11 Å². The lowest BCUT2D eigenvalue weighted by molar-refractivity contribution is 0.414. The number of nitrogens with zero attached hydrogens (tertiary/aromatic N) is 2. The summed E-state index contributed by atoms with van der Waals surface area (Å²) >= 11 is 5.80. The molecule has 0 spiro atoms. The van der Waals surface area contributed by atoms with Crippen molar-refractivity contribution >= 4 is 17.4 Å². The summed E-state index contributed by atoms with van der Waals surface area (Å²) < 4.78 is 5.15. The normalized spacial score (nSPS) is 10.3. The number of ether oxygens (including phenoxy) is 1. The molecule has 0 aliphatic rings. The molecule has 0 aliphatic carbocycles. The molecule has 0 fully saturated rings. The Balaban J connectivity index is 2.08. The third-order valence-corrected chi connectivity index (χ3v) is 3.17. The number of anilines is 1. The van der Waals surface area contributed by atoms with Gasteiger partial charge in [-0.15, -0.1) is 11.6 Å². The first-order valence-corrected chi connectivity index (χ1v) is 6.62. The Labute approximate surface area is 118 Å². The first-order chi connectivity index (χ1) is 9.22. The maximum Gasteiger partial charge on any atom is 0.128 e. The van der Waals surface area contributed by atoms with Gasteiger partial charge in [-0.3, -0.25) is 0 Å². The van der Waals surface area contributed by atoms with Crippen LogP contribution >= 0.6 is 11.6 Å². The number of hydrogen-bond acceptors (Lipinski definition) is 3. The minimum atomic E-state index is 0.435. The van der Waals surface area contributed by atoms with Crippen LogP contribution < -0.4 is 9.64 Å². The van der Waals surface area contributed by atoms with Crippen molar-refractivity contribution in [2.75, 3.05) is 19.1 Å². The number of pyridine rings is 1. The Morgan fingerprint density at radius 2 is 1.89 bits per heavy atom. The Bertz CT molecular complexity index is 528. The number of rotatable bonds is 5. The second kappa shape index (κ2) is 6.43. The molecule has 0 unspecified atom stereocenters. The summed E-state index contributed by atoms with van der Waals surface area (Å²) in [5.41, 5.74) is 2.10. The van der Waals surface area contributed by atoms with Crippen LogP contribution in [0, 0.1) is 0 Å². The summed E-state index contributed by atoms with van der Waals surface area (Å²) in [6.07, 6.45) is 0. The molecule has 0 atom stereocenters. The highest BCUT2D eigenvalue weighted by Gasteiger charge is 2.04. The number of alkyl halides is 1. The predicted octanol–water partition coefficient (Wildman–Crippen LogP) is 3.47. The van der Waals surface area contributed by atoms with Crippen molar-refractivity contribution < 1.29 is 4.74 Å². The van der Waals surface area contributed by atoms with Crippen LogP contribution in [0.3, 0.4) is 0 Å². The van der Waals surface area contributed by atoms with Gasteiger partial charge in [0.15, 0.2) is 0 Å². The van der Waals surface area contributed by atoms with Gasteiger partial charge in [-0.2, -0.15) is 0 Å². The van der Waals surface area contributed by atoms with Crippen LogP contribution in [0.2, 0.25) is 0 Å². The quantitative estimate of drug-likeness (QED) is 0.782. The molecule has 0 amide bonds. The topological polar surface area (TPSA) is 25.4 Å². The van der Waals surface area contributed by atoms with E-state index in [4.69, 9.17) is 16.3 Å². The third-order valence-electron chi connectivity index (χ3n) is 2.90. The van der Waals surface area contributed by atoms with Gasteiger partial charge in [0.25, 0.3) is 0 Å². The molecule has 0 bridgehead atoms. The molecule has 2 aromatic rings. The Morgan fingerprint density at radius 3 is 2.53 bits per heavy atom. The van der Waals surface area contributed by atoms with E-state index in [1.165, 1.54) is 5.56 Å². The number of methoxy groups -OCH3 is 1. The Kier molecular flexibility index (Phi) is 4.63. The molecule has 0 aliphatic heterocycles. The molecule has 0 saturated heterocycles. The molecular weight excluding hydrogens is 260 g/mol. The van der Waals surface area contributed by atoms with Crippen LogP contribution in [0.1, 0.15) is 11.3 Å². The fourth-order valence-corrected chi connectivity index (χ4v) is 1.99. The van der Waals surface area contributed by atoms with Crippen LogP contribution in [0.4, 0.5) is 5.82 Å². The maximum absolute atomic E-state index is 5.80. The van der Waals surface area contributed by atoms with Crippen LogP contribution in [-0.2, 0) is 12.4 Å². The van der Waals surface area contributed by atoms with Crippen molar-refractivity contribution in [1.29, 1.82) is 0 Å². The van der Waals surface area contributed by atoms with Gasteiger partial charge in [-0.25, -0.2) is 4.98 Å². The average molecular weight is 277 g/mol. The minimum Gasteiger partial charge on any atom is -0.497 e. The van der Waals surface area contributed by atoms with E-state index in [-0.39, 0.29) is 0 Å². The zero-order chi connectivity index (χ0) is 13.7. The summed E-state index contributed by atoms with van der Waals surface area (Å²) in [7, 11) is 3.69. The van der Waals surface area contributed by atoms with Crippen molar-refractivity contribution in [2.45, 2.75) is 12.4 Å². The molecule has 0 radical (unpaired) electrons. The van der Waals surface area contributed by atoms with E-state index in [9.17, 15) is 0 Å². The second-order valence-electron chi connectivity index (χ2n) is 4.32. The number of benzene rings is 1. The molecule has 19 heavy (non-hydrogen) atoms. The molecular formula is C15H17ClN2O. The lowest BCUT2D eigenvalue weighted by Gasteiger charge is -2.18. The molecule has 3 nitrogen and oxygen atoms in total. The van der Waals surface area contributed by atoms with E-state index >= 15 is 0 Å². The zero-order valence-electron chi connectivity index (χ0n) is 11.1. The highest BCUT2D eigenvalue weighted by molar-refractivity contribution is 6.16. The lowest BCUT2D eigenvalue weighted by Crippen LogP contribution is -2.17. The van der Waals surface area contributed by atoms with Crippen LogP contribution in [0.15, 0.2) is 42.5 Å². The van der Waals surface area contributed by atoms with Gasteiger partial charge in [0.2, 0.25) is 0 Å². The van der Waals surface area contributed by atoms with Crippen molar-refractivity contribution in [3.63, 3.8) is 0 Å². The van der Waals surface area contributed by atoms with E-state index in [1.807, 2.05) is 37.4 Å². The molecule has 0 saturated carbocycles. The van der Waals surface area contributed by atoms with Gasteiger partial charge in [0.1, 0.15) is 11.6 Å². The van der Waals surface area contributed by atoms with Crippen molar-refractivity contribution in [1.82, 2.24) is 4.98 Å². The van der Waals surface area contributed by atoms with Crippen LogP contribution in [0.25, 0.3) is 0 Å². The fraction of sp³-hybridized carbons (Fsp3) is 0.267. The number of hydrogen-bond donors (Lipinski definition) is 0. The van der Waals surface area contributed by atoms with Gasteiger partial charge in [0, 0.05) is 13.6 Å². The lowest BCUT2D eigenvalue weighted by atomic mass is 10.2. The SMILES string of the molecule is COc1ccc(CN(C)c2cccc(CCl)n2)cc1. The molecule has 4 heteroatoms. The largest absolute Gasteiger partial charge is 0.497 e. The fourth-order valence-electron chi connectivity index (χ4n) is 1.84. The second-order valence-corrected chi connectivity index (χ2v) is 4.59. The smallest absolute Gasteiger partial charge is 0.128 e. The van der Waals surface area contributed by atoms with Crippen molar-refractivity contribution in [3.05, 3.63) is 53.7 Å². The van der Waals surface area contributed by atoms with Crippen LogP contribution in [0.5, 0.6) is 5.75 Å². The Morgan fingerprint density at radius 1 is 1.16 bits per heavy atom. The third kappa shape index (κ3) is 3.61. The van der Waals surface area contributed by atoms with Gasteiger partial charge in [0.05, 0.1) is 18.7 Å². The van der Waals surface area contributed by atoms with E-state index in [0.29, 0.717) is 5.88 Å². The summed E-state index contributed by atoms with van der Waals surface area (Å²) in [5, 5.41) is 0. The van der Waals surface area contributed by atoms with E-state index < -0.39 is 0 Å². The Hall–Kier alpha value is -1.74. The molecule has 1 heterocycles. The van der Waals surface area contributed by atoms with Crippen molar-refractivity contribution in [3.8, 4) is 5.75 Å². The average Bonchev–Trinajstić information content (AvgIpc) is 2.48. The summed E-state index contributed by atoms with van der Waals surface area (Å²) in [6.45, 7) is 0.794. The first kappa shape index (κ1) is 13.7. The summed E-state index contributed by atoms with van der Waals surface area (Å²) in [4.78, 5) is 6.59. The predicted molar refractivity (Wildman–Crippen MR) is 78.9 cm³/mol. The van der Waals surface area contributed by atoms with Gasteiger partial charge in [-0.1, -0.05) is 18.2 Å². The number of halogens is 1. The summed E-state index contributed by atoms with van der Waals surface area (Å²) in [6, 6.07) is 13.9. The van der Waals surface area contributed by atoms with E-state index in [0.717, 1.165) is 23.8 Å². The maximum atomic E-state index is 5.80. The van der Waals surface area contributed by atoms with Gasteiger partial charge in [-0.05, 0) is 29.8 Å². The van der Waals surface area contributed by atoms with Gasteiger partial charge >= 0.3 is 0 Å².